The van der Waals surface area contributed by atoms with Crippen LogP contribution in [0.2, 0.25) is 0 Å². The highest BCUT2D eigenvalue weighted by Crippen LogP contribution is 2.38. The van der Waals surface area contributed by atoms with E-state index in [1.807, 2.05) is 24.0 Å². The van der Waals surface area contributed by atoms with E-state index >= 15 is 0 Å². The van der Waals surface area contributed by atoms with Crippen LogP contribution in [0.4, 0.5) is 5.69 Å². The molecule has 0 saturated carbocycles. The van der Waals surface area contributed by atoms with Gasteiger partial charge < -0.3 is 19.2 Å². The summed E-state index contributed by atoms with van der Waals surface area (Å²) < 4.78 is 12.1. The average Bonchev–Trinajstić information content (AvgIpc) is 3.51. The fourth-order valence-corrected chi connectivity index (χ4v) is 4.85. The first-order chi connectivity index (χ1) is 17.7. The Kier molecular flexibility index (Phi) is 8.11. The minimum atomic E-state index is -0.977. The maximum atomic E-state index is 13.0. The minimum absolute atomic E-state index is 0.213. The molecule has 7 heteroatoms. The highest BCUT2D eigenvalue weighted by atomic mass is 16.5. The molecule has 1 aromatic heterocycles. The zero-order valence-electron chi connectivity index (χ0n) is 21.5. The number of Topliss-reactive ketones (excluding diaryl/α,β-unsaturated/α-hetero) is 1. The molecule has 1 aliphatic carbocycles. The van der Waals surface area contributed by atoms with Crippen LogP contribution >= 0.6 is 0 Å². The fraction of sp³-hybridized carbons (Fsp3) is 0.367. The van der Waals surface area contributed by atoms with Gasteiger partial charge in [0.05, 0.1) is 11.3 Å². The highest BCUT2D eigenvalue weighted by Gasteiger charge is 2.31. The molecule has 0 radical (unpaired) electrons. The Bertz CT molecular complexity index is 1270. The highest BCUT2D eigenvalue weighted by molar-refractivity contribution is 6.28. The summed E-state index contributed by atoms with van der Waals surface area (Å²) in [6.07, 6.45) is 3.64. The largest absolute Gasteiger partial charge is 0.487 e. The Balaban J connectivity index is 1.71. The zero-order chi connectivity index (χ0) is 26.5. The van der Waals surface area contributed by atoms with Crippen LogP contribution in [0, 0.1) is 12.8 Å². The van der Waals surface area contributed by atoms with Gasteiger partial charge in [0, 0.05) is 13.0 Å². The van der Waals surface area contributed by atoms with Crippen LogP contribution in [0.15, 0.2) is 52.9 Å². The number of hydrogen-bond acceptors (Lipinski definition) is 6. The molecule has 194 valence electrons. The molecule has 1 N–H and O–H groups in total. The molecular weight excluding hydrogens is 470 g/mol. The standard InChI is InChI=1S/C30H33NO6/c1-19(2)16-31(26(28(33)17-32)15-25-12-7-20(3)37-25)27-13-23-5-4-6-24(23)14-29(27)36-18-21-8-10-22(11-9-21)30(34)35/h7-14,17,19,26H,4-6,15-16,18H2,1-3H3,(H,34,35). The summed E-state index contributed by atoms with van der Waals surface area (Å²) in [4.78, 5) is 37.9. The first kappa shape index (κ1) is 26.2. The monoisotopic (exact) mass is 503 g/mol. The summed E-state index contributed by atoms with van der Waals surface area (Å²) in [7, 11) is 0. The first-order valence-electron chi connectivity index (χ1n) is 12.7. The van der Waals surface area contributed by atoms with E-state index in [-0.39, 0.29) is 24.5 Å². The number of carbonyl (C=O) groups is 3. The quantitative estimate of drug-likeness (QED) is 0.268. The van der Waals surface area contributed by atoms with Crippen LogP contribution in [-0.2, 0) is 35.5 Å². The number of anilines is 1. The smallest absolute Gasteiger partial charge is 0.335 e. The summed E-state index contributed by atoms with van der Waals surface area (Å²) >= 11 is 0. The average molecular weight is 504 g/mol. The van der Waals surface area contributed by atoms with Gasteiger partial charge >= 0.3 is 5.97 Å². The number of nitrogens with zero attached hydrogens (tertiary/aromatic N) is 1. The van der Waals surface area contributed by atoms with E-state index in [2.05, 4.69) is 26.0 Å². The van der Waals surface area contributed by atoms with Crippen LogP contribution in [0.25, 0.3) is 0 Å². The van der Waals surface area contributed by atoms with Crippen molar-refractivity contribution in [3.63, 3.8) is 0 Å². The van der Waals surface area contributed by atoms with Crippen LogP contribution in [0.3, 0.4) is 0 Å². The Morgan fingerprint density at radius 1 is 1.08 bits per heavy atom. The molecule has 1 unspecified atom stereocenters. The molecule has 1 aliphatic rings. The van der Waals surface area contributed by atoms with Crippen molar-refractivity contribution in [1.82, 2.24) is 0 Å². The van der Waals surface area contributed by atoms with E-state index in [9.17, 15) is 19.5 Å². The minimum Gasteiger partial charge on any atom is -0.487 e. The Labute approximate surface area is 217 Å². The van der Waals surface area contributed by atoms with E-state index in [1.165, 1.54) is 11.1 Å². The summed E-state index contributed by atoms with van der Waals surface area (Å²) in [5.41, 5.74) is 4.28. The van der Waals surface area contributed by atoms with E-state index in [0.717, 1.165) is 36.3 Å². The Hall–Kier alpha value is -3.87. The van der Waals surface area contributed by atoms with Gasteiger partial charge in [-0.15, -0.1) is 0 Å². The number of ketones is 1. The molecule has 0 saturated heterocycles. The molecule has 3 aromatic rings. The van der Waals surface area contributed by atoms with Crippen molar-refractivity contribution in [1.29, 1.82) is 0 Å². The molecule has 4 rings (SSSR count). The Morgan fingerprint density at radius 3 is 2.38 bits per heavy atom. The van der Waals surface area contributed by atoms with Crippen molar-refractivity contribution in [2.24, 2.45) is 5.92 Å². The zero-order valence-corrected chi connectivity index (χ0v) is 21.5. The molecule has 37 heavy (non-hydrogen) atoms. The van der Waals surface area contributed by atoms with Gasteiger partial charge in [0.2, 0.25) is 5.78 Å². The fourth-order valence-electron chi connectivity index (χ4n) is 4.85. The van der Waals surface area contributed by atoms with Gasteiger partial charge in [0.15, 0.2) is 6.29 Å². The molecule has 0 spiro atoms. The number of aldehydes is 1. The lowest BCUT2D eigenvalue weighted by Gasteiger charge is -2.34. The van der Waals surface area contributed by atoms with Gasteiger partial charge in [-0.3, -0.25) is 9.59 Å². The van der Waals surface area contributed by atoms with E-state index in [0.29, 0.717) is 24.3 Å². The summed E-state index contributed by atoms with van der Waals surface area (Å²) in [6.45, 7) is 6.79. The van der Waals surface area contributed by atoms with Gasteiger partial charge in [-0.05, 0) is 85.2 Å². The summed E-state index contributed by atoms with van der Waals surface area (Å²) in [5.74, 6) is 0.764. The van der Waals surface area contributed by atoms with E-state index in [1.54, 1.807) is 24.3 Å². The van der Waals surface area contributed by atoms with Crippen LogP contribution in [0.5, 0.6) is 5.75 Å². The SMILES string of the molecule is Cc1ccc(CC(C(=O)C=O)N(CC(C)C)c2cc3c(cc2OCc2ccc(C(=O)O)cc2)CCC3)o1. The second-order valence-electron chi connectivity index (χ2n) is 10.0. The number of hydrogen-bond donors (Lipinski definition) is 1. The number of benzene rings is 2. The molecule has 7 nitrogen and oxygen atoms in total. The number of carboxylic acids is 1. The first-order valence-corrected chi connectivity index (χ1v) is 12.7. The second-order valence-corrected chi connectivity index (χ2v) is 10.0. The third kappa shape index (κ3) is 6.28. The van der Waals surface area contributed by atoms with Gasteiger partial charge in [0.1, 0.15) is 29.9 Å². The van der Waals surface area contributed by atoms with Gasteiger partial charge in [-0.25, -0.2) is 4.79 Å². The summed E-state index contributed by atoms with van der Waals surface area (Å²) in [6, 6.07) is 13.7. The number of carbonyl (C=O) groups excluding carboxylic acids is 2. The predicted octanol–water partition coefficient (Wildman–Crippen LogP) is 5.20. The topological polar surface area (TPSA) is 97.0 Å². The molecule has 0 fully saturated rings. The van der Waals surface area contributed by atoms with E-state index in [4.69, 9.17) is 9.15 Å². The van der Waals surface area contributed by atoms with Crippen molar-refractivity contribution < 1.29 is 28.6 Å². The molecule has 0 aliphatic heterocycles. The molecular formula is C30H33NO6. The van der Waals surface area contributed by atoms with Gasteiger partial charge in [-0.1, -0.05) is 26.0 Å². The van der Waals surface area contributed by atoms with E-state index < -0.39 is 17.8 Å². The third-order valence-electron chi connectivity index (χ3n) is 6.65. The van der Waals surface area contributed by atoms with Crippen LogP contribution in [0.1, 0.15) is 58.8 Å². The maximum absolute atomic E-state index is 13.0. The second kappa shape index (κ2) is 11.5. The summed E-state index contributed by atoms with van der Waals surface area (Å²) in [5, 5.41) is 9.17. The van der Waals surface area contributed by atoms with Crippen molar-refractivity contribution in [3.8, 4) is 5.75 Å². The number of aryl methyl sites for hydroxylation is 3. The number of rotatable bonds is 12. The normalized spacial score (nSPS) is 13.3. The van der Waals surface area contributed by atoms with Crippen molar-refractivity contribution in [3.05, 3.63) is 82.3 Å². The van der Waals surface area contributed by atoms with Gasteiger partial charge in [0.25, 0.3) is 0 Å². The number of ether oxygens (including phenoxy) is 1. The number of furan rings is 1. The molecule has 1 atom stereocenters. The lowest BCUT2D eigenvalue weighted by atomic mass is 10.0. The number of aromatic carboxylic acids is 1. The van der Waals surface area contributed by atoms with Crippen molar-refractivity contribution in [2.45, 2.75) is 59.1 Å². The lowest BCUT2D eigenvalue weighted by molar-refractivity contribution is -0.130. The molecule has 1 heterocycles. The predicted molar refractivity (Wildman–Crippen MR) is 140 cm³/mol. The van der Waals surface area contributed by atoms with Crippen molar-refractivity contribution >= 4 is 23.7 Å². The van der Waals surface area contributed by atoms with Crippen LogP contribution in [-0.4, -0.2) is 35.7 Å². The number of carboxylic acid groups (broad SMARTS) is 1. The molecule has 0 amide bonds. The number of fused-ring (bicyclic) bond motifs is 1. The third-order valence-corrected chi connectivity index (χ3v) is 6.65. The van der Waals surface area contributed by atoms with Crippen molar-refractivity contribution in [2.75, 3.05) is 11.4 Å². The lowest BCUT2D eigenvalue weighted by Crippen LogP contribution is -2.45. The Morgan fingerprint density at radius 2 is 1.78 bits per heavy atom. The molecule has 2 aromatic carbocycles. The van der Waals surface area contributed by atoms with Gasteiger partial charge in [-0.2, -0.15) is 0 Å². The maximum Gasteiger partial charge on any atom is 0.335 e. The van der Waals surface area contributed by atoms with Crippen LogP contribution < -0.4 is 9.64 Å². The molecule has 0 bridgehead atoms.